The standard InChI is InChI=1S/C14H19BrN2O/c1-16-12-8-14(5-6-17(2)9-14)18-13-4-3-10(15)7-11(12)13/h3-4,7,12,16H,5-6,8-9H2,1-2H3. The molecule has 0 saturated carbocycles. The molecule has 1 saturated heterocycles. The van der Waals surface area contributed by atoms with E-state index in [2.05, 4.69) is 51.4 Å². The smallest absolute Gasteiger partial charge is 0.125 e. The van der Waals surface area contributed by atoms with Gasteiger partial charge in [0.15, 0.2) is 0 Å². The SMILES string of the molecule is CNC1CC2(CCN(C)C2)Oc2ccc(Br)cc21. The van der Waals surface area contributed by atoms with Gasteiger partial charge in [0.2, 0.25) is 0 Å². The molecule has 2 aliphatic heterocycles. The van der Waals surface area contributed by atoms with Crippen molar-refractivity contribution in [2.45, 2.75) is 24.5 Å². The van der Waals surface area contributed by atoms with Crippen LogP contribution in [-0.4, -0.2) is 37.7 Å². The Balaban J connectivity index is 1.97. The van der Waals surface area contributed by atoms with E-state index in [1.165, 1.54) is 5.56 Å². The van der Waals surface area contributed by atoms with Crippen molar-refractivity contribution in [1.82, 2.24) is 10.2 Å². The number of likely N-dealkylation sites (tertiary alicyclic amines) is 1. The molecule has 2 aliphatic rings. The summed E-state index contributed by atoms with van der Waals surface area (Å²) in [4.78, 5) is 2.36. The minimum atomic E-state index is 0.00323. The van der Waals surface area contributed by atoms with Crippen LogP contribution >= 0.6 is 15.9 Å². The molecule has 0 aromatic heterocycles. The lowest BCUT2D eigenvalue weighted by atomic mass is 9.86. The highest BCUT2D eigenvalue weighted by Crippen LogP contribution is 2.44. The average Bonchev–Trinajstić information content (AvgIpc) is 2.70. The van der Waals surface area contributed by atoms with Crippen molar-refractivity contribution in [2.24, 2.45) is 0 Å². The molecule has 3 nitrogen and oxygen atoms in total. The first-order chi connectivity index (χ1) is 8.62. The zero-order valence-corrected chi connectivity index (χ0v) is 12.5. The van der Waals surface area contributed by atoms with Gasteiger partial charge in [-0.1, -0.05) is 15.9 Å². The Morgan fingerprint density at radius 3 is 3.00 bits per heavy atom. The molecule has 1 spiro atoms. The number of fused-ring (bicyclic) bond motifs is 1. The van der Waals surface area contributed by atoms with E-state index >= 15 is 0 Å². The average molecular weight is 311 g/mol. The molecule has 1 aromatic rings. The first-order valence-corrected chi connectivity index (χ1v) is 7.25. The van der Waals surface area contributed by atoms with E-state index < -0.39 is 0 Å². The van der Waals surface area contributed by atoms with E-state index in [-0.39, 0.29) is 5.60 Å². The van der Waals surface area contributed by atoms with Gasteiger partial charge in [-0.25, -0.2) is 0 Å². The second-order valence-electron chi connectivity index (χ2n) is 5.50. The van der Waals surface area contributed by atoms with Crippen LogP contribution < -0.4 is 10.1 Å². The van der Waals surface area contributed by atoms with Gasteiger partial charge < -0.3 is 15.0 Å². The van der Waals surface area contributed by atoms with Gasteiger partial charge in [-0.05, 0) is 32.3 Å². The largest absolute Gasteiger partial charge is 0.485 e. The topological polar surface area (TPSA) is 24.5 Å². The number of nitrogens with one attached hydrogen (secondary N) is 1. The predicted molar refractivity (Wildman–Crippen MR) is 76.0 cm³/mol. The van der Waals surface area contributed by atoms with Crippen LogP contribution in [0.5, 0.6) is 5.75 Å². The zero-order valence-electron chi connectivity index (χ0n) is 10.9. The third-order valence-electron chi connectivity index (χ3n) is 4.11. The zero-order chi connectivity index (χ0) is 12.8. The van der Waals surface area contributed by atoms with Gasteiger partial charge in [-0.3, -0.25) is 0 Å². The maximum Gasteiger partial charge on any atom is 0.125 e. The van der Waals surface area contributed by atoms with Gasteiger partial charge >= 0.3 is 0 Å². The first-order valence-electron chi connectivity index (χ1n) is 6.46. The van der Waals surface area contributed by atoms with Gasteiger partial charge in [0, 0.05) is 42.0 Å². The van der Waals surface area contributed by atoms with Crippen LogP contribution in [0, 0.1) is 0 Å². The predicted octanol–water partition coefficient (Wildman–Crippen LogP) is 2.57. The van der Waals surface area contributed by atoms with Crippen LogP contribution in [0.2, 0.25) is 0 Å². The summed E-state index contributed by atoms with van der Waals surface area (Å²) in [5, 5.41) is 3.43. The highest BCUT2D eigenvalue weighted by molar-refractivity contribution is 9.10. The fourth-order valence-corrected chi connectivity index (χ4v) is 3.57. The molecule has 0 bridgehead atoms. The number of ether oxygens (including phenoxy) is 1. The van der Waals surface area contributed by atoms with Crippen molar-refractivity contribution >= 4 is 15.9 Å². The summed E-state index contributed by atoms with van der Waals surface area (Å²) in [6.45, 7) is 2.16. The summed E-state index contributed by atoms with van der Waals surface area (Å²) in [6.07, 6.45) is 2.18. The van der Waals surface area contributed by atoms with Crippen molar-refractivity contribution in [2.75, 3.05) is 27.2 Å². The Bertz CT molecular complexity index is 465. The van der Waals surface area contributed by atoms with E-state index in [4.69, 9.17) is 4.74 Å². The van der Waals surface area contributed by atoms with Crippen molar-refractivity contribution in [3.8, 4) is 5.75 Å². The summed E-state index contributed by atoms with van der Waals surface area (Å²) < 4.78 is 7.45. The van der Waals surface area contributed by atoms with Crippen LogP contribution in [-0.2, 0) is 0 Å². The van der Waals surface area contributed by atoms with E-state index in [0.29, 0.717) is 6.04 Å². The van der Waals surface area contributed by atoms with Crippen molar-refractivity contribution in [3.63, 3.8) is 0 Å². The normalized spacial score (nSPS) is 31.4. The van der Waals surface area contributed by atoms with Gasteiger partial charge in [-0.15, -0.1) is 0 Å². The number of hydrogen-bond acceptors (Lipinski definition) is 3. The molecule has 4 heteroatoms. The molecular weight excluding hydrogens is 292 g/mol. The Hall–Kier alpha value is -0.580. The minimum Gasteiger partial charge on any atom is -0.485 e. The quantitative estimate of drug-likeness (QED) is 0.863. The molecule has 0 amide bonds. The number of benzene rings is 1. The molecule has 1 fully saturated rings. The van der Waals surface area contributed by atoms with E-state index in [1.54, 1.807) is 0 Å². The molecule has 2 heterocycles. The van der Waals surface area contributed by atoms with E-state index in [9.17, 15) is 0 Å². The van der Waals surface area contributed by atoms with Crippen LogP contribution in [0.15, 0.2) is 22.7 Å². The lowest BCUT2D eigenvalue weighted by Crippen LogP contribution is -2.45. The fraction of sp³-hybridized carbons (Fsp3) is 0.571. The second-order valence-corrected chi connectivity index (χ2v) is 6.42. The summed E-state index contributed by atoms with van der Waals surface area (Å²) in [5.41, 5.74) is 1.27. The molecular formula is C14H19BrN2O. The van der Waals surface area contributed by atoms with Crippen LogP contribution in [0.1, 0.15) is 24.4 Å². The number of nitrogens with zero attached hydrogens (tertiary/aromatic N) is 1. The van der Waals surface area contributed by atoms with Gasteiger partial charge in [0.05, 0.1) is 0 Å². The summed E-state index contributed by atoms with van der Waals surface area (Å²) in [7, 11) is 4.20. The highest BCUT2D eigenvalue weighted by Gasteiger charge is 2.44. The third-order valence-corrected chi connectivity index (χ3v) is 4.60. The molecule has 3 rings (SSSR count). The highest BCUT2D eigenvalue weighted by atomic mass is 79.9. The second kappa shape index (κ2) is 4.51. The summed E-state index contributed by atoms with van der Waals surface area (Å²) >= 11 is 3.54. The van der Waals surface area contributed by atoms with Crippen LogP contribution in [0.25, 0.3) is 0 Å². The Labute approximate surface area is 117 Å². The van der Waals surface area contributed by atoms with E-state index in [0.717, 1.165) is 36.2 Å². The fourth-order valence-electron chi connectivity index (χ4n) is 3.19. The molecule has 2 atom stereocenters. The number of hydrogen-bond donors (Lipinski definition) is 1. The third kappa shape index (κ3) is 2.06. The molecule has 1 N–H and O–H groups in total. The molecule has 18 heavy (non-hydrogen) atoms. The maximum atomic E-state index is 6.34. The number of rotatable bonds is 1. The lowest BCUT2D eigenvalue weighted by Gasteiger charge is -2.40. The van der Waals surface area contributed by atoms with Crippen LogP contribution in [0.3, 0.4) is 0 Å². The molecule has 0 radical (unpaired) electrons. The molecule has 0 aliphatic carbocycles. The van der Waals surface area contributed by atoms with Crippen molar-refractivity contribution in [3.05, 3.63) is 28.2 Å². The first kappa shape index (κ1) is 12.5. The van der Waals surface area contributed by atoms with Gasteiger partial charge in [-0.2, -0.15) is 0 Å². The molecule has 98 valence electrons. The summed E-state index contributed by atoms with van der Waals surface area (Å²) in [5.74, 6) is 1.04. The summed E-state index contributed by atoms with van der Waals surface area (Å²) in [6, 6.07) is 6.70. The number of halogens is 1. The Morgan fingerprint density at radius 1 is 1.50 bits per heavy atom. The Kier molecular flexibility index (Phi) is 3.12. The van der Waals surface area contributed by atoms with Crippen LogP contribution in [0.4, 0.5) is 0 Å². The monoisotopic (exact) mass is 310 g/mol. The maximum absolute atomic E-state index is 6.34. The molecule has 2 unspecified atom stereocenters. The minimum absolute atomic E-state index is 0.00323. The van der Waals surface area contributed by atoms with Crippen molar-refractivity contribution < 1.29 is 4.74 Å². The van der Waals surface area contributed by atoms with E-state index in [1.807, 2.05) is 7.05 Å². The molecule has 1 aromatic carbocycles. The van der Waals surface area contributed by atoms with Gasteiger partial charge in [0.25, 0.3) is 0 Å². The number of likely N-dealkylation sites (N-methyl/N-ethyl adjacent to an activating group) is 1. The van der Waals surface area contributed by atoms with Crippen molar-refractivity contribution in [1.29, 1.82) is 0 Å². The lowest BCUT2D eigenvalue weighted by molar-refractivity contribution is 0.0419. The van der Waals surface area contributed by atoms with Gasteiger partial charge in [0.1, 0.15) is 11.4 Å². The Morgan fingerprint density at radius 2 is 2.33 bits per heavy atom.